The molecule has 4 aromatic rings. The number of aromatic nitrogens is 3. The van der Waals surface area contributed by atoms with Crippen LogP contribution in [0.3, 0.4) is 0 Å². The van der Waals surface area contributed by atoms with Gasteiger partial charge in [-0.05, 0) is 36.4 Å². The minimum Gasteiger partial charge on any atom is -0.395 e. The third kappa shape index (κ3) is 4.12. The maximum atomic E-state index is 13.6. The Morgan fingerprint density at radius 3 is 2.56 bits per heavy atom. The van der Waals surface area contributed by atoms with Gasteiger partial charge in [0.1, 0.15) is 23.8 Å². The van der Waals surface area contributed by atoms with E-state index in [1.807, 2.05) is 42.4 Å². The monoisotopic (exact) mass is 444 g/mol. The first-order valence-electron chi connectivity index (χ1n) is 9.61. The van der Waals surface area contributed by atoms with Gasteiger partial charge >= 0.3 is 0 Å². The van der Waals surface area contributed by atoms with E-state index in [1.54, 1.807) is 16.8 Å². The average Bonchev–Trinajstić information content (AvgIpc) is 3.24. The van der Waals surface area contributed by atoms with E-state index < -0.39 is 5.82 Å². The number of halogens is 1. The number of aliphatic hydroxyl groups is 1. The number of nitriles is 2. The summed E-state index contributed by atoms with van der Waals surface area (Å²) in [6, 6.07) is 13.9. The van der Waals surface area contributed by atoms with E-state index >= 15 is 0 Å². The van der Waals surface area contributed by atoms with Crippen molar-refractivity contribution in [3.05, 3.63) is 71.9 Å². The van der Waals surface area contributed by atoms with E-state index in [2.05, 4.69) is 16.2 Å². The van der Waals surface area contributed by atoms with E-state index in [-0.39, 0.29) is 12.2 Å². The first kappa shape index (κ1) is 21.3. The third-order valence-electron chi connectivity index (χ3n) is 4.89. The molecular weight excluding hydrogens is 427 g/mol. The predicted octanol–water partition coefficient (Wildman–Crippen LogP) is 3.86. The van der Waals surface area contributed by atoms with Crippen molar-refractivity contribution in [3.63, 3.8) is 0 Å². The molecular formula is C23H17FN6OS. The van der Waals surface area contributed by atoms with Gasteiger partial charge in [-0.2, -0.15) is 15.6 Å². The lowest BCUT2D eigenvalue weighted by molar-refractivity contribution is 0.304. The van der Waals surface area contributed by atoms with Crippen molar-refractivity contribution in [2.45, 2.75) is 9.79 Å². The Hall–Kier alpha value is -3.92. The number of hydrogen-bond acceptors (Lipinski definition) is 7. The van der Waals surface area contributed by atoms with Crippen LogP contribution >= 0.6 is 11.8 Å². The minimum atomic E-state index is -0.482. The van der Waals surface area contributed by atoms with Crippen LogP contribution in [0.25, 0.3) is 16.6 Å². The minimum absolute atomic E-state index is 0.0335. The summed E-state index contributed by atoms with van der Waals surface area (Å²) in [4.78, 5) is 7.60. The molecule has 32 heavy (non-hydrogen) atoms. The van der Waals surface area contributed by atoms with Crippen LogP contribution in [0.15, 0.2) is 64.8 Å². The lowest BCUT2D eigenvalue weighted by Gasteiger charge is -2.17. The molecule has 0 radical (unpaired) electrons. The summed E-state index contributed by atoms with van der Waals surface area (Å²) < 4.78 is 15.2. The highest BCUT2D eigenvalue weighted by Gasteiger charge is 2.15. The summed E-state index contributed by atoms with van der Waals surface area (Å²) >= 11 is 1.28. The summed E-state index contributed by atoms with van der Waals surface area (Å²) in [6.45, 7) is 0.508. The van der Waals surface area contributed by atoms with Gasteiger partial charge in [0.05, 0.1) is 29.4 Å². The van der Waals surface area contributed by atoms with Gasteiger partial charge in [0, 0.05) is 46.9 Å². The molecule has 0 fully saturated rings. The summed E-state index contributed by atoms with van der Waals surface area (Å²) in [7, 11) is 1.85. The zero-order valence-electron chi connectivity index (χ0n) is 17.0. The van der Waals surface area contributed by atoms with E-state index in [0.29, 0.717) is 27.4 Å². The van der Waals surface area contributed by atoms with Crippen molar-refractivity contribution in [3.8, 4) is 23.3 Å². The van der Waals surface area contributed by atoms with Crippen LogP contribution in [0.2, 0.25) is 0 Å². The van der Waals surface area contributed by atoms with Crippen molar-refractivity contribution < 1.29 is 9.50 Å². The van der Waals surface area contributed by atoms with Crippen molar-refractivity contribution in [1.29, 1.82) is 10.5 Å². The number of hydrogen-bond donors (Lipinski definition) is 1. The second-order valence-corrected chi connectivity index (χ2v) is 8.04. The maximum absolute atomic E-state index is 13.6. The molecule has 0 amide bonds. The number of benzene rings is 1. The van der Waals surface area contributed by atoms with Gasteiger partial charge in [0.15, 0.2) is 0 Å². The summed E-state index contributed by atoms with van der Waals surface area (Å²) in [6.07, 6.45) is 5.03. The Bertz CT molecular complexity index is 1370. The molecule has 9 heteroatoms. The summed E-state index contributed by atoms with van der Waals surface area (Å²) in [5.41, 5.74) is 2.88. The first-order valence-corrected chi connectivity index (χ1v) is 10.4. The highest BCUT2D eigenvalue weighted by Crippen LogP contribution is 2.37. The van der Waals surface area contributed by atoms with Crippen LogP contribution in [-0.4, -0.2) is 39.9 Å². The number of rotatable bonds is 6. The summed E-state index contributed by atoms with van der Waals surface area (Å²) in [5.74, 6) is 0.249. The quantitative estimate of drug-likeness (QED) is 0.482. The molecule has 1 aromatic carbocycles. The average molecular weight is 444 g/mol. The van der Waals surface area contributed by atoms with E-state index in [4.69, 9.17) is 5.11 Å². The van der Waals surface area contributed by atoms with E-state index in [9.17, 15) is 14.9 Å². The summed E-state index contributed by atoms with van der Waals surface area (Å²) in [5, 5.41) is 32.3. The van der Waals surface area contributed by atoms with Crippen LogP contribution in [0.1, 0.15) is 11.1 Å². The van der Waals surface area contributed by atoms with Crippen LogP contribution in [0.4, 0.5) is 10.2 Å². The lowest BCUT2D eigenvalue weighted by atomic mass is 10.1. The Balaban J connectivity index is 1.80. The fourth-order valence-corrected chi connectivity index (χ4v) is 4.32. The second kappa shape index (κ2) is 9.06. The number of likely N-dealkylation sites (N-methyl/N-ethyl adjacent to an activating group) is 1. The number of anilines is 1. The molecule has 0 atom stereocenters. The Morgan fingerprint density at radius 1 is 1.06 bits per heavy atom. The molecule has 1 N–H and O–H groups in total. The van der Waals surface area contributed by atoms with Gasteiger partial charge in [0.2, 0.25) is 0 Å². The molecule has 0 saturated heterocycles. The lowest BCUT2D eigenvalue weighted by Crippen LogP contribution is -2.21. The van der Waals surface area contributed by atoms with Crippen LogP contribution in [0.5, 0.6) is 0 Å². The zero-order chi connectivity index (χ0) is 22.7. The van der Waals surface area contributed by atoms with Gasteiger partial charge in [-0.1, -0.05) is 11.8 Å². The van der Waals surface area contributed by atoms with E-state index in [0.717, 1.165) is 16.9 Å². The molecule has 0 aliphatic heterocycles. The highest BCUT2D eigenvalue weighted by atomic mass is 32.2. The first-order chi connectivity index (χ1) is 15.5. The second-order valence-electron chi connectivity index (χ2n) is 6.96. The van der Waals surface area contributed by atoms with Gasteiger partial charge in [-0.25, -0.2) is 13.9 Å². The Morgan fingerprint density at radius 2 is 1.88 bits per heavy atom. The molecule has 3 heterocycles. The van der Waals surface area contributed by atoms with Crippen molar-refractivity contribution in [2.75, 3.05) is 25.1 Å². The number of nitrogens with zero attached hydrogens (tertiary/aromatic N) is 6. The third-order valence-corrected chi connectivity index (χ3v) is 5.99. The van der Waals surface area contributed by atoms with E-state index in [1.165, 1.54) is 30.1 Å². The molecule has 0 bridgehead atoms. The fourth-order valence-electron chi connectivity index (χ4n) is 3.25. The van der Waals surface area contributed by atoms with Crippen LogP contribution < -0.4 is 4.90 Å². The number of fused-ring (bicyclic) bond motifs is 1. The van der Waals surface area contributed by atoms with Gasteiger partial charge in [-0.15, -0.1) is 0 Å². The van der Waals surface area contributed by atoms with Crippen LogP contribution in [-0.2, 0) is 0 Å². The molecule has 0 saturated carbocycles. The van der Waals surface area contributed by atoms with Crippen LogP contribution in [0, 0.1) is 28.5 Å². The molecule has 0 aliphatic rings. The smallest absolute Gasteiger partial charge is 0.128 e. The predicted molar refractivity (Wildman–Crippen MR) is 119 cm³/mol. The molecule has 158 valence electrons. The normalized spacial score (nSPS) is 10.7. The Kier molecular flexibility index (Phi) is 6.04. The van der Waals surface area contributed by atoms with Crippen molar-refractivity contribution in [1.82, 2.24) is 14.6 Å². The molecule has 7 nitrogen and oxygen atoms in total. The number of aliphatic hydroxyl groups excluding tert-OH is 1. The fraction of sp³-hybridized carbons (Fsp3) is 0.130. The standard InChI is InChI=1S/C23H17FN6OS/c1-29(6-7-31)22-5-2-15(12-27-22)17-9-21(23-18(11-26)13-28-30(23)14-17)32-20-4-3-19(24)8-16(20)10-25/h2-5,8-9,12-14,31H,6-7H2,1H3. The largest absolute Gasteiger partial charge is 0.395 e. The molecule has 0 unspecified atom stereocenters. The molecule has 0 spiro atoms. The topological polar surface area (TPSA) is 101 Å². The maximum Gasteiger partial charge on any atom is 0.128 e. The Labute approximate surface area is 188 Å². The molecule has 0 aliphatic carbocycles. The molecule has 4 rings (SSSR count). The highest BCUT2D eigenvalue weighted by molar-refractivity contribution is 7.99. The van der Waals surface area contributed by atoms with Crippen molar-refractivity contribution >= 4 is 23.1 Å². The molecule has 3 aromatic heterocycles. The zero-order valence-corrected chi connectivity index (χ0v) is 17.8. The number of pyridine rings is 2. The van der Waals surface area contributed by atoms with Gasteiger partial charge in [-0.3, -0.25) is 0 Å². The van der Waals surface area contributed by atoms with Gasteiger partial charge in [0.25, 0.3) is 0 Å². The van der Waals surface area contributed by atoms with Gasteiger partial charge < -0.3 is 10.0 Å². The SMILES string of the molecule is CN(CCO)c1ccc(-c2cc(Sc3ccc(F)cc3C#N)c3c(C#N)cnn3c2)cn1. The van der Waals surface area contributed by atoms with Crippen molar-refractivity contribution in [2.24, 2.45) is 0 Å².